The molecular formula is C23H19ClF2N6O5S. The van der Waals surface area contributed by atoms with Crippen LogP contribution in [0.4, 0.5) is 37.5 Å². The molecule has 1 amide bonds. The van der Waals surface area contributed by atoms with Crippen LogP contribution >= 0.6 is 11.6 Å². The monoisotopic (exact) mass is 564 g/mol. The predicted molar refractivity (Wildman–Crippen MR) is 134 cm³/mol. The zero-order valence-electron chi connectivity index (χ0n) is 19.7. The van der Waals surface area contributed by atoms with Gasteiger partial charge >= 0.3 is 5.69 Å². The Balaban J connectivity index is 1.63. The van der Waals surface area contributed by atoms with Gasteiger partial charge < -0.3 is 9.80 Å². The molecule has 0 aliphatic carbocycles. The second-order valence-electron chi connectivity index (χ2n) is 8.89. The van der Waals surface area contributed by atoms with Gasteiger partial charge in [0.1, 0.15) is 18.1 Å². The van der Waals surface area contributed by atoms with Crippen molar-refractivity contribution in [2.45, 2.75) is 30.6 Å². The number of hydrogen-bond acceptors (Lipinski definition) is 8. The lowest BCUT2D eigenvalue weighted by Crippen LogP contribution is -2.27. The number of nitrogens with zero attached hydrogens (tertiary/aromatic N) is 5. The highest BCUT2D eigenvalue weighted by Crippen LogP contribution is 2.48. The van der Waals surface area contributed by atoms with Gasteiger partial charge in [-0.05, 0) is 36.2 Å². The van der Waals surface area contributed by atoms with E-state index in [4.69, 9.17) is 11.6 Å². The van der Waals surface area contributed by atoms with Crippen LogP contribution in [0.15, 0.2) is 41.6 Å². The van der Waals surface area contributed by atoms with E-state index in [9.17, 15) is 32.1 Å². The summed E-state index contributed by atoms with van der Waals surface area (Å²) in [5, 5.41) is 10.8. The Bertz CT molecular complexity index is 1560. The highest BCUT2D eigenvalue weighted by atomic mass is 35.5. The van der Waals surface area contributed by atoms with Gasteiger partial charge in [0.15, 0.2) is 11.6 Å². The van der Waals surface area contributed by atoms with Crippen LogP contribution in [0.5, 0.6) is 0 Å². The fraction of sp³-hybridized carbons (Fsp3) is 0.261. The van der Waals surface area contributed by atoms with Crippen molar-refractivity contribution < 1.29 is 26.9 Å². The Morgan fingerprint density at radius 2 is 1.79 bits per heavy atom. The van der Waals surface area contributed by atoms with Crippen LogP contribution in [0, 0.1) is 21.7 Å². The normalized spacial score (nSPS) is 17.2. The fourth-order valence-corrected chi connectivity index (χ4v) is 5.90. The molecule has 0 bridgehead atoms. The molecule has 2 aliphatic heterocycles. The number of halogens is 3. The van der Waals surface area contributed by atoms with Crippen LogP contribution in [0.25, 0.3) is 0 Å². The lowest BCUT2D eigenvalue weighted by molar-refractivity contribution is -0.385. The largest absolute Gasteiger partial charge is 0.310 e. The zero-order valence-corrected chi connectivity index (χ0v) is 21.3. The molecule has 5 rings (SSSR count). The van der Waals surface area contributed by atoms with E-state index in [1.165, 1.54) is 17.0 Å². The molecule has 0 saturated carbocycles. The number of nitro groups is 1. The summed E-state index contributed by atoms with van der Waals surface area (Å²) in [6.45, 7) is 2.44. The number of rotatable bonds is 6. The molecule has 1 N–H and O–H groups in total. The number of sulfonamides is 1. The number of carbonyl (C=O) groups is 1. The topological polar surface area (TPSA) is 139 Å². The first-order chi connectivity index (χ1) is 18.0. The van der Waals surface area contributed by atoms with E-state index in [1.807, 2.05) is 11.6 Å². The molecule has 0 unspecified atom stereocenters. The maximum Gasteiger partial charge on any atom is 0.305 e. The summed E-state index contributed by atoms with van der Waals surface area (Å²) in [5.41, 5.74) is 0.0766. The van der Waals surface area contributed by atoms with E-state index in [1.54, 1.807) is 4.90 Å². The number of carbonyl (C=O) groups excluding carboxylic acids is 1. The molecule has 38 heavy (non-hydrogen) atoms. The lowest BCUT2D eigenvalue weighted by atomic mass is 10.0. The van der Waals surface area contributed by atoms with Crippen LogP contribution in [-0.4, -0.2) is 42.3 Å². The average Bonchev–Trinajstić information content (AvgIpc) is 3.44. The molecule has 15 heteroatoms. The van der Waals surface area contributed by atoms with Gasteiger partial charge in [-0.15, -0.1) is 0 Å². The minimum Gasteiger partial charge on any atom is -0.310 e. The summed E-state index contributed by atoms with van der Waals surface area (Å²) in [5.74, 6) is -2.75. The molecule has 2 aromatic carbocycles. The van der Waals surface area contributed by atoms with E-state index >= 15 is 0 Å². The maximum atomic E-state index is 14.4. The highest BCUT2D eigenvalue weighted by molar-refractivity contribution is 7.92. The third-order valence-corrected chi connectivity index (χ3v) is 7.89. The number of hydrogen-bond donors (Lipinski definition) is 1. The maximum absolute atomic E-state index is 14.4. The third kappa shape index (κ3) is 4.49. The lowest BCUT2D eigenvalue weighted by Gasteiger charge is -2.25. The van der Waals surface area contributed by atoms with Gasteiger partial charge in [-0.2, -0.15) is 0 Å². The van der Waals surface area contributed by atoms with Crippen LogP contribution in [0.3, 0.4) is 0 Å². The minimum absolute atomic E-state index is 0.133. The predicted octanol–water partition coefficient (Wildman–Crippen LogP) is 4.50. The van der Waals surface area contributed by atoms with Gasteiger partial charge in [-0.1, -0.05) is 18.5 Å². The first kappa shape index (κ1) is 25.7. The Morgan fingerprint density at radius 1 is 1.13 bits per heavy atom. The zero-order chi connectivity index (χ0) is 27.4. The van der Waals surface area contributed by atoms with E-state index in [-0.39, 0.29) is 45.5 Å². The van der Waals surface area contributed by atoms with Gasteiger partial charge in [0.2, 0.25) is 11.9 Å². The minimum atomic E-state index is -4.52. The Kier molecular flexibility index (Phi) is 6.39. The molecule has 1 atom stereocenters. The number of aromatic nitrogens is 2. The summed E-state index contributed by atoms with van der Waals surface area (Å²) >= 11 is 5.64. The number of fused-ring (bicyclic) bond motifs is 1. The van der Waals surface area contributed by atoms with E-state index < -0.39 is 32.3 Å². The van der Waals surface area contributed by atoms with Crippen molar-refractivity contribution in [1.82, 2.24) is 9.97 Å². The summed E-state index contributed by atoms with van der Waals surface area (Å²) in [7, 11) is -4.52. The molecule has 3 heterocycles. The fourth-order valence-electron chi connectivity index (χ4n) is 4.57. The standard InChI is InChI=1S/C23H19ClF2N6O5S/c1-12-11-31(23-27-9-14(10-28-23)32(34)35)22-16(12)7-15(8-19(22)30-4-2-3-20(30)33)38(36,37)29-21-17(25)5-13(24)6-18(21)26/h5-10,12,29H,2-4,11H2,1H3/t12-/m1/s1. The Morgan fingerprint density at radius 3 is 2.37 bits per heavy atom. The number of amides is 1. The van der Waals surface area contributed by atoms with Gasteiger partial charge in [0, 0.05) is 30.5 Å². The smallest absolute Gasteiger partial charge is 0.305 e. The molecule has 3 aromatic rings. The van der Waals surface area contributed by atoms with Crippen LogP contribution < -0.4 is 14.5 Å². The molecular weight excluding hydrogens is 546 g/mol. The average molecular weight is 565 g/mol. The highest BCUT2D eigenvalue weighted by Gasteiger charge is 2.37. The van der Waals surface area contributed by atoms with Crippen molar-refractivity contribution in [2.24, 2.45) is 0 Å². The van der Waals surface area contributed by atoms with Gasteiger partial charge in [0.05, 0.1) is 21.2 Å². The van der Waals surface area contributed by atoms with Crippen molar-refractivity contribution in [1.29, 1.82) is 0 Å². The van der Waals surface area contributed by atoms with Crippen LogP contribution in [-0.2, 0) is 14.8 Å². The SMILES string of the molecule is C[C@@H]1CN(c2ncc([N+](=O)[O-])cn2)c2c1cc(S(=O)(=O)Nc1c(F)cc(Cl)cc1F)cc2N1CCCC1=O. The molecule has 198 valence electrons. The van der Waals surface area contributed by atoms with Gasteiger partial charge in [-0.25, -0.2) is 27.2 Å². The second kappa shape index (κ2) is 9.44. The van der Waals surface area contributed by atoms with Crippen molar-refractivity contribution in [2.75, 3.05) is 27.6 Å². The summed E-state index contributed by atoms with van der Waals surface area (Å²) in [4.78, 5) is 34.1. The Labute approximate surface area is 220 Å². The van der Waals surface area contributed by atoms with Crippen molar-refractivity contribution in [3.8, 4) is 0 Å². The van der Waals surface area contributed by atoms with E-state index in [0.717, 1.165) is 24.5 Å². The molecule has 2 aliphatic rings. The first-order valence-corrected chi connectivity index (χ1v) is 13.2. The number of anilines is 4. The molecule has 0 radical (unpaired) electrons. The third-order valence-electron chi connectivity index (χ3n) is 6.34. The summed E-state index contributed by atoms with van der Waals surface area (Å²) in [6.07, 6.45) is 2.93. The van der Waals surface area contributed by atoms with Gasteiger partial charge in [-0.3, -0.25) is 19.6 Å². The number of benzene rings is 2. The van der Waals surface area contributed by atoms with Crippen LogP contribution in [0.1, 0.15) is 31.2 Å². The van der Waals surface area contributed by atoms with Crippen molar-refractivity contribution in [3.63, 3.8) is 0 Å². The first-order valence-electron chi connectivity index (χ1n) is 11.4. The molecule has 11 nitrogen and oxygen atoms in total. The summed E-state index contributed by atoms with van der Waals surface area (Å²) < 4.78 is 57.3. The van der Waals surface area contributed by atoms with E-state index in [2.05, 4.69) is 9.97 Å². The van der Waals surface area contributed by atoms with Crippen molar-refractivity contribution in [3.05, 3.63) is 69.0 Å². The molecule has 0 spiro atoms. The molecule has 1 saturated heterocycles. The van der Waals surface area contributed by atoms with E-state index in [0.29, 0.717) is 30.8 Å². The van der Waals surface area contributed by atoms with Crippen LogP contribution in [0.2, 0.25) is 5.02 Å². The number of nitrogens with one attached hydrogen (secondary N) is 1. The molecule has 1 aromatic heterocycles. The quantitative estimate of drug-likeness (QED) is 0.341. The Hall–Kier alpha value is -3.91. The van der Waals surface area contributed by atoms with Gasteiger partial charge in [0.25, 0.3) is 10.0 Å². The summed E-state index contributed by atoms with van der Waals surface area (Å²) in [6, 6.07) is 4.18. The second-order valence-corrected chi connectivity index (χ2v) is 11.0. The molecule has 1 fully saturated rings. The van der Waals surface area contributed by atoms with Crippen molar-refractivity contribution >= 4 is 56.2 Å².